The highest BCUT2D eigenvalue weighted by Crippen LogP contribution is 2.62. The Morgan fingerprint density at radius 3 is 2.47 bits per heavy atom. The van der Waals surface area contributed by atoms with E-state index in [4.69, 9.17) is 5.73 Å². The molecule has 94 valence electrons. The molecule has 4 fully saturated rings. The third-order valence-electron chi connectivity index (χ3n) is 5.01. The third kappa shape index (κ3) is 1.76. The van der Waals surface area contributed by atoms with E-state index in [9.17, 15) is 4.79 Å². The van der Waals surface area contributed by atoms with Crippen LogP contribution in [-0.4, -0.2) is 11.6 Å². The molecule has 4 saturated carbocycles. The first kappa shape index (κ1) is 11.1. The van der Waals surface area contributed by atoms with Crippen LogP contribution in [0.25, 0.3) is 0 Å². The zero-order valence-corrected chi connectivity index (χ0v) is 10.5. The number of nitrogens with two attached hydrogens (primary N) is 1. The van der Waals surface area contributed by atoms with Crippen molar-refractivity contribution in [2.24, 2.45) is 23.0 Å². The van der Waals surface area contributed by atoms with Crippen molar-refractivity contribution < 1.29 is 4.79 Å². The van der Waals surface area contributed by atoms with Crippen LogP contribution in [0.4, 0.5) is 4.79 Å². The van der Waals surface area contributed by atoms with Gasteiger partial charge in [-0.3, -0.25) is 0 Å². The summed E-state index contributed by atoms with van der Waals surface area (Å²) in [6, 6.07) is -0.345. The second-order valence-electron chi connectivity index (χ2n) is 6.59. The Morgan fingerprint density at radius 2 is 1.94 bits per heavy atom. The van der Waals surface area contributed by atoms with E-state index >= 15 is 0 Å². The fourth-order valence-corrected chi connectivity index (χ4v) is 5.29. The molecule has 0 saturated heterocycles. The number of urea groups is 1. The minimum absolute atomic E-state index is 0.00935. The maximum Gasteiger partial charge on any atom is 0.312 e. The van der Waals surface area contributed by atoms with Crippen molar-refractivity contribution in [2.75, 3.05) is 0 Å². The summed E-state index contributed by atoms with van der Waals surface area (Å²) >= 11 is 0. The summed E-state index contributed by atoms with van der Waals surface area (Å²) in [7, 11) is 0. The summed E-state index contributed by atoms with van der Waals surface area (Å²) in [6.45, 7) is 2.10. The summed E-state index contributed by atoms with van der Waals surface area (Å²) in [5, 5.41) is 3.08. The molecule has 4 rings (SSSR count). The van der Waals surface area contributed by atoms with Crippen molar-refractivity contribution in [3.63, 3.8) is 0 Å². The van der Waals surface area contributed by atoms with Gasteiger partial charge in [0.15, 0.2) is 0 Å². The number of nitrogens with one attached hydrogen (secondary N) is 1. The fourth-order valence-electron chi connectivity index (χ4n) is 5.29. The summed E-state index contributed by atoms with van der Waals surface area (Å²) in [5.41, 5.74) is 5.72. The molecule has 3 N–H and O–H groups in total. The van der Waals surface area contributed by atoms with Crippen molar-refractivity contribution in [3.05, 3.63) is 12.2 Å². The largest absolute Gasteiger partial charge is 0.352 e. The number of carbonyl (C=O) groups is 1. The smallest absolute Gasteiger partial charge is 0.312 e. The van der Waals surface area contributed by atoms with Gasteiger partial charge in [-0.1, -0.05) is 12.2 Å². The molecule has 0 heterocycles. The van der Waals surface area contributed by atoms with Crippen LogP contribution < -0.4 is 11.1 Å². The van der Waals surface area contributed by atoms with E-state index in [1.165, 1.54) is 19.3 Å². The van der Waals surface area contributed by atoms with Gasteiger partial charge >= 0.3 is 6.03 Å². The van der Waals surface area contributed by atoms with Crippen molar-refractivity contribution in [1.82, 2.24) is 5.32 Å². The quantitative estimate of drug-likeness (QED) is 0.709. The molecule has 0 aromatic heterocycles. The van der Waals surface area contributed by atoms with E-state index < -0.39 is 0 Å². The summed E-state index contributed by atoms with van der Waals surface area (Å²) < 4.78 is 0. The van der Waals surface area contributed by atoms with E-state index in [0.717, 1.165) is 31.1 Å². The van der Waals surface area contributed by atoms with Gasteiger partial charge in [0.05, 0.1) is 0 Å². The number of rotatable bonds is 2. The highest BCUT2D eigenvalue weighted by atomic mass is 16.2. The van der Waals surface area contributed by atoms with Gasteiger partial charge in [-0.2, -0.15) is 0 Å². The van der Waals surface area contributed by atoms with Crippen molar-refractivity contribution in [2.45, 2.75) is 51.0 Å². The average molecular weight is 234 g/mol. The Balaban J connectivity index is 1.91. The van der Waals surface area contributed by atoms with Crippen LogP contribution >= 0.6 is 0 Å². The van der Waals surface area contributed by atoms with E-state index in [1.807, 2.05) is 0 Å². The molecule has 3 nitrogen and oxygen atoms in total. The predicted molar refractivity (Wildman–Crippen MR) is 67.4 cm³/mol. The Kier molecular flexibility index (Phi) is 2.29. The normalized spacial score (nSPS) is 47.6. The molecule has 0 radical (unpaired) electrons. The van der Waals surface area contributed by atoms with Gasteiger partial charge in [-0.25, -0.2) is 4.79 Å². The predicted octanol–water partition coefficient (Wildman–Crippen LogP) is 2.57. The van der Waals surface area contributed by atoms with Gasteiger partial charge in [-0.05, 0) is 62.7 Å². The Bertz CT molecular complexity index is 360. The lowest BCUT2D eigenvalue weighted by molar-refractivity contribution is -0.0511. The number of hydrogen-bond donors (Lipinski definition) is 2. The van der Waals surface area contributed by atoms with Crippen LogP contribution in [0.2, 0.25) is 0 Å². The lowest BCUT2D eigenvalue weighted by atomic mass is 9.47. The molecule has 3 heteroatoms. The maximum atomic E-state index is 11.2. The van der Waals surface area contributed by atoms with E-state index in [1.54, 1.807) is 0 Å². The van der Waals surface area contributed by atoms with Gasteiger partial charge < -0.3 is 11.1 Å². The number of hydrogen-bond acceptors (Lipinski definition) is 1. The molecule has 4 aliphatic rings. The molecule has 2 amide bonds. The van der Waals surface area contributed by atoms with E-state index in [2.05, 4.69) is 24.4 Å². The first-order chi connectivity index (χ1) is 8.05. The standard InChI is InChI=1S/C14H22N2O/c1-2-3-13-5-10-4-11(6-13)8-14(7-10,9-13)16-12(15)17/h2-3,10-11H,4-9H2,1H3,(H3,15,16,17). The minimum atomic E-state index is -0.345. The topological polar surface area (TPSA) is 55.1 Å². The molecule has 17 heavy (non-hydrogen) atoms. The first-order valence-corrected chi connectivity index (χ1v) is 6.76. The summed E-state index contributed by atoms with van der Waals surface area (Å²) in [6.07, 6.45) is 12.0. The fraction of sp³-hybridized carbons (Fsp3) is 0.786. The highest BCUT2D eigenvalue weighted by Gasteiger charge is 2.57. The van der Waals surface area contributed by atoms with Crippen LogP contribution in [0.5, 0.6) is 0 Å². The Hall–Kier alpha value is -0.990. The molecule has 2 atom stereocenters. The van der Waals surface area contributed by atoms with Gasteiger partial charge in [-0.15, -0.1) is 0 Å². The molecule has 2 unspecified atom stereocenters. The first-order valence-electron chi connectivity index (χ1n) is 6.76. The van der Waals surface area contributed by atoms with Gasteiger partial charge in [0.2, 0.25) is 0 Å². The lowest BCUT2D eigenvalue weighted by Gasteiger charge is -2.61. The Morgan fingerprint density at radius 1 is 1.29 bits per heavy atom. The van der Waals surface area contributed by atoms with Gasteiger partial charge in [0.25, 0.3) is 0 Å². The molecule has 0 aliphatic heterocycles. The second-order valence-corrected chi connectivity index (χ2v) is 6.59. The van der Waals surface area contributed by atoms with Crippen LogP contribution in [0.3, 0.4) is 0 Å². The number of primary amides is 1. The zero-order valence-electron chi connectivity index (χ0n) is 10.5. The van der Waals surface area contributed by atoms with Gasteiger partial charge in [0, 0.05) is 5.54 Å². The molecule has 4 aliphatic carbocycles. The molecule has 0 aromatic carbocycles. The number of amides is 2. The van der Waals surface area contributed by atoms with Crippen LogP contribution in [0.1, 0.15) is 45.4 Å². The van der Waals surface area contributed by atoms with Crippen molar-refractivity contribution in [1.29, 1.82) is 0 Å². The maximum absolute atomic E-state index is 11.2. The van der Waals surface area contributed by atoms with Crippen LogP contribution in [0, 0.1) is 17.3 Å². The van der Waals surface area contributed by atoms with E-state index in [-0.39, 0.29) is 11.6 Å². The van der Waals surface area contributed by atoms with Crippen LogP contribution in [0.15, 0.2) is 12.2 Å². The second kappa shape index (κ2) is 3.50. The molecule has 4 bridgehead atoms. The molecular formula is C14H22N2O. The summed E-state index contributed by atoms with van der Waals surface area (Å²) in [5.74, 6) is 1.58. The minimum Gasteiger partial charge on any atom is -0.352 e. The van der Waals surface area contributed by atoms with Crippen molar-refractivity contribution >= 4 is 6.03 Å². The highest BCUT2D eigenvalue weighted by molar-refractivity contribution is 5.72. The number of allylic oxidation sites excluding steroid dienone is 2. The third-order valence-corrected chi connectivity index (χ3v) is 5.01. The molecular weight excluding hydrogens is 212 g/mol. The van der Waals surface area contributed by atoms with E-state index in [0.29, 0.717) is 5.41 Å². The van der Waals surface area contributed by atoms with Gasteiger partial charge in [0.1, 0.15) is 0 Å². The lowest BCUT2D eigenvalue weighted by Crippen LogP contribution is -2.63. The summed E-state index contributed by atoms with van der Waals surface area (Å²) in [4.78, 5) is 11.2. The SMILES string of the molecule is CC=CC12CC3CC(C1)CC(NC(N)=O)(C3)C2. The Labute approximate surface area is 103 Å². The molecule has 0 aromatic rings. The molecule has 0 spiro atoms. The van der Waals surface area contributed by atoms with Crippen LogP contribution in [-0.2, 0) is 0 Å². The van der Waals surface area contributed by atoms with Crippen molar-refractivity contribution in [3.8, 4) is 0 Å². The zero-order chi connectivity index (χ0) is 12.1. The average Bonchev–Trinajstić information content (AvgIpc) is 2.11. The number of carbonyl (C=O) groups excluding carboxylic acids is 1. The monoisotopic (exact) mass is 234 g/mol.